The minimum atomic E-state index is -0.201. The molecule has 1 atom stereocenters. The average molecular weight is 271 g/mol. The SMILES string of the molecule is CCOC(=O)CCCNC(=O)CN1CCNC(C)C1. The molecule has 0 spiro atoms. The molecule has 0 aromatic heterocycles. The largest absolute Gasteiger partial charge is 0.466 e. The van der Waals surface area contributed by atoms with Gasteiger partial charge in [0.25, 0.3) is 0 Å². The van der Waals surface area contributed by atoms with Gasteiger partial charge < -0.3 is 15.4 Å². The zero-order valence-electron chi connectivity index (χ0n) is 11.9. The van der Waals surface area contributed by atoms with Crippen LogP contribution >= 0.6 is 0 Å². The first-order chi connectivity index (χ1) is 9.11. The van der Waals surface area contributed by atoms with Crippen LogP contribution in [0.1, 0.15) is 26.7 Å². The van der Waals surface area contributed by atoms with E-state index in [0.29, 0.717) is 38.6 Å². The molecule has 2 N–H and O–H groups in total. The third-order valence-corrected chi connectivity index (χ3v) is 3.01. The summed E-state index contributed by atoms with van der Waals surface area (Å²) in [4.78, 5) is 24.9. The average Bonchev–Trinajstić information content (AvgIpc) is 2.35. The van der Waals surface area contributed by atoms with Gasteiger partial charge in [0.05, 0.1) is 13.2 Å². The Kier molecular flexibility index (Phi) is 7.43. The Morgan fingerprint density at radius 2 is 2.26 bits per heavy atom. The van der Waals surface area contributed by atoms with Crippen LogP contribution in [0.5, 0.6) is 0 Å². The van der Waals surface area contributed by atoms with E-state index in [1.54, 1.807) is 6.92 Å². The highest BCUT2D eigenvalue weighted by Crippen LogP contribution is 1.97. The summed E-state index contributed by atoms with van der Waals surface area (Å²) in [6.45, 7) is 8.00. The molecule has 110 valence electrons. The number of nitrogens with zero attached hydrogens (tertiary/aromatic N) is 1. The molecule has 1 heterocycles. The molecule has 6 nitrogen and oxygen atoms in total. The zero-order chi connectivity index (χ0) is 14.1. The summed E-state index contributed by atoms with van der Waals surface area (Å²) in [5.74, 6) is -0.175. The number of carbonyl (C=O) groups excluding carboxylic acids is 2. The van der Waals surface area contributed by atoms with Crippen molar-refractivity contribution in [2.24, 2.45) is 0 Å². The molecule has 0 aromatic rings. The fourth-order valence-corrected chi connectivity index (χ4v) is 2.11. The van der Waals surface area contributed by atoms with E-state index in [4.69, 9.17) is 4.74 Å². The summed E-state index contributed by atoms with van der Waals surface area (Å²) >= 11 is 0. The van der Waals surface area contributed by atoms with E-state index in [1.807, 2.05) is 0 Å². The van der Waals surface area contributed by atoms with E-state index in [0.717, 1.165) is 19.6 Å². The van der Waals surface area contributed by atoms with E-state index >= 15 is 0 Å². The second-order valence-electron chi connectivity index (χ2n) is 4.85. The molecular formula is C13H25N3O3. The van der Waals surface area contributed by atoms with Crippen LogP contribution in [0.2, 0.25) is 0 Å². The molecule has 0 aliphatic carbocycles. The van der Waals surface area contributed by atoms with Crippen LogP contribution in [-0.2, 0) is 14.3 Å². The highest BCUT2D eigenvalue weighted by Gasteiger charge is 2.17. The number of carbonyl (C=O) groups is 2. The van der Waals surface area contributed by atoms with Gasteiger partial charge in [-0.15, -0.1) is 0 Å². The molecule has 1 rings (SSSR count). The number of esters is 1. The number of piperazine rings is 1. The molecule has 0 radical (unpaired) electrons. The number of hydrogen-bond acceptors (Lipinski definition) is 5. The topological polar surface area (TPSA) is 70.7 Å². The minimum Gasteiger partial charge on any atom is -0.466 e. The lowest BCUT2D eigenvalue weighted by Gasteiger charge is -2.31. The van der Waals surface area contributed by atoms with Crippen LogP contribution in [0.15, 0.2) is 0 Å². The molecule has 1 unspecified atom stereocenters. The van der Waals surface area contributed by atoms with E-state index in [-0.39, 0.29) is 11.9 Å². The fraction of sp³-hybridized carbons (Fsp3) is 0.846. The Balaban J connectivity index is 2.06. The van der Waals surface area contributed by atoms with Gasteiger partial charge in [0.15, 0.2) is 0 Å². The van der Waals surface area contributed by atoms with Gasteiger partial charge in [-0.1, -0.05) is 0 Å². The Morgan fingerprint density at radius 1 is 1.47 bits per heavy atom. The van der Waals surface area contributed by atoms with Crippen LogP contribution in [0, 0.1) is 0 Å². The van der Waals surface area contributed by atoms with Crippen molar-refractivity contribution in [3.63, 3.8) is 0 Å². The number of amides is 1. The van der Waals surface area contributed by atoms with Crippen LogP contribution in [0.25, 0.3) is 0 Å². The first kappa shape index (κ1) is 15.9. The number of ether oxygens (including phenoxy) is 1. The molecule has 6 heteroatoms. The second-order valence-corrected chi connectivity index (χ2v) is 4.85. The Bertz CT molecular complexity index is 297. The number of hydrogen-bond donors (Lipinski definition) is 2. The van der Waals surface area contributed by atoms with Crippen LogP contribution in [0.4, 0.5) is 0 Å². The lowest BCUT2D eigenvalue weighted by molar-refractivity contribution is -0.143. The molecule has 1 aliphatic heterocycles. The number of nitrogens with one attached hydrogen (secondary N) is 2. The molecule has 1 aliphatic rings. The lowest BCUT2D eigenvalue weighted by atomic mass is 10.2. The Morgan fingerprint density at radius 3 is 2.95 bits per heavy atom. The maximum atomic E-state index is 11.7. The van der Waals surface area contributed by atoms with Crippen molar-refractivity contribution in [3.8, 4) is 0 Å². The van der Waals surface area contributed by atoms with Crippen molar-refractivity contribution in [2.45, 2.75) is 32.7 Å². The minimum absolute atomic E-state index is 0.0259. The van der Waals surface area contributed by atoms with Gasteiger partial charge in [0, 0.05) is 38.6 Å². The molecule has 0 bridgehead atoms. The van der Waals surface area contributed by atoms with Gasteiger partial charge in [0.2, 0.25) is 5.91 Å². The summed E-state index contributed by atoms with van der Waals surface area (Å²) in [7, 11) is 0. The highest BCUT2D eigenvalue weighted by molar-refractivity contribution is 5.78. The van der Waals surface area contributed by atoms with Gasteiger partial charge in [-0.2, -0.15) is 0 Å². The van der Waals surface area contributed by atoms with Gasteiger partial charge in [-0.3, -0.25) is 14.5 Å². The monoisotopic (exact) mass is 271 g/mol. The number of rotatable bonds is 7. The van der Waals surface area contributed by atoms with Crippen molar-refractivity contribution in [2.75, 3.05) is 39.3 Å². The maximum absolute atomic E-state index is 11.7. The second kappa shape index (κ2) is 8.87. The Labute approximate surface area is 114 Å². The predicted octanol–water partition coefficient (Wildman–Crippen LogP) is -0.260. The van der Waals surface area contributed by atoms with Crippen LogP contribution in [0.3, 0.4) is 0 Å². The molecule has 1 fully saturated rings. The molecule has 1 saturated heterocycles. The van der Waals surface area contributed by atoms with E-state index in [2.05, 4.69) is 22.5 Å². The van der Waals surface area contributed by atoms with Crippen molar-refractivity contribution in [3.05, 3.63) is 0 Å². The van der Waals surface area contributed by atoms with Gasteiger partial charge in [-0.25, -0.2) is 0 Å². The first-order valence-corrected chi connectivity index (χ1v) is 7.00. The van der Waals surface area contributed by atoms with E-state index in [1.165, 1.54) is 0 Å². The first-order valence-electron chi connectivity index (χ1n) is 7.00. The van der Waals surface area contributed by atoms with Crippen LogP contribution < -0.4 is 10.6 Å². The summed E-state index contributed by atoms with van der Waals surface area (Å²) in [6, 6.07) is 0.436. The van der Waals surface area contributed by atoms with Gasteiger partial charge in [-0.05, 0) is 20.3 Å². The lowest BCUT2D eigenvalue weighted by Crippen LogP contribution is -2.51. The van der Waals surface area contributed by atoms with E-state index < -0.39 is 0 Å². The van der Waals surface area contributed by atoms with Crippen LogP contribution in [-0.4, -0.2) is 62.1 Å². The van der Waals surface area contributed by atoms with Crippen molar-refractivity contribution in [1.29, 1.82) is 0 Å². The zero-order valence-corrected chi connectivity index (χ0v) is 11.9. The van der Waals surface area contributed by atoms with Crippen molar-refractivity contribution >= 4 is 11.9 Å². The summed E-state index contributed by atoms with van der Waals surface area (Å²) in [5.41, 5.74) is 0. The van der Waals surface area contributed by atoms with E-state index in [9.17, 15) is 9.59 Å². The highest BCUT2D eigenvalue weighted by atomic mass is 16.5. The molecule has 0 aromatic carbocycles. The fourth-order valence-electron chi connectivity index (χ4n) is 2.11. The predicted molar refractivity (Wildman–Crippen MR) is 72.8 cm³/mol. The Hall–Kier alpha value is -1.14. The molecule has 0 saturated carbocycles. The molecule has 19 heavy (non-hydrogen) atoms. The summed E-state index contributed by atoms with van der Waals surface area (Å²) in [6.07, 6.45) is 0.987. The summed E-state index contributed by atoms with van der Waals surface area (Å²) < 4.78 is 4.82. The smallest absolute Gasteiger partial charge is 0.305 e. The third-order valence-electron chi connectivity index (χ3n) is 3.01. The van der Waals surface area contributed by atoms with Gasteiger partial charge >= 0.3 is 5.97 Å². The standard InChI is InChI=1S/C13H25N3O3/c1-3-19-13(18)5-4-6-15-12(17)10-16-8-7-14-11(2)9-16/h11,14H,3-10H2,1-2H3,(H,15,17). The van der Waals surface area contributed by atoms with Gasteiger partial charge in [0.1, 0.15) is 0 Å². The maximum Gasteiger partial charge on any atom is 0.305 e. The van der Waals surface area contributed by atoms with Crippen molar-refractivity contribution in [1.82, 2.24) is 15.5 Å². The van der Waals surface area contributed by atoms with Crippen molar-refractivity contribution < 1.29 is 14.3 Å². The molecular weight excluding hydrogens is 246 g/mol. The molecule has 1 amide bonds. The quantitative estimate of drug-likeness (QED) is 0.493. The normalized spacial score (nSPS) is 20.0. The summed E-state index contributed by atoms with van der Waals surface area (Å²) in [5, 5.41) is 6.17. The third kappa shape index (κ3) is 7.12.